The smallest absolute Gasteiger partial charge is 0.161 e. The van der Waals surface area contributed by atoms with Gasteiger partial charge in [0.15, 0.2) is 5.82 Å². The van der Waals surface area contributed by atoms with Crippen molar-refractivity contribution in [3.63, 3.8) is 0 Å². The molecular formula is C13H18N4O. The summed E-state index contributed by atoms with van der Waals surface area (Å²) in [5, 5.41) is 4.40. The third kappa shape index (κ3) is 2.06. The number of nitrogens with one attached hydrogen (secondary N) is 2. The lowest BCUT2D eigenvalue weighted by Gasteiger charge is -2.13. The van der Waals surface area contributed by atoms with E-state index in [1.54, 1.807) is 0 Å². The Labute approximate surface area is 106 Å². The zero-order valence-electron chi connectivity index (χ0n) is 10.7. The number of hydrogen-bond acceptors (Lipinski definition) is 4. The van der Waals surface area contributed by atoms with Crippen LogP contribution in [0, 0.1) is 0 Å². The number of aromatic nitrogens is 3. The lowest BCUT2D eigenvalue weighted by atomic mass is 10.2. The molecule has 5 heteroatoms. The molecule has 18 heavy (non-hydrogen) atoms. The van der Waals surface area contributed by atoms with E-state index in [2.05, 4.69) is 34.1 Å². The first-order valence-corrected chi connectivity index (χ1v) is 6.47. The highest BCUT2D eigenvalue weighted by molar-refractivity contribution is 5.87. The van der Waals surface area contributed by atoms with Gasteiger partial charge in [-0.1, -0.05) is 0 Å². The van der Waals surface area contributed by atoms with Crippen molar-refractivity contribution in [2.24, 2.45) is 0 Å². The van der Waals surface area contributed by atoms with Crippen molar-refractivity contribution < 1.29 is 4.74 Å². The molecule has 0 radical (unpaired) electrons. The molecule has 0 spiro atoms. The van der Waals surface area contributed by atoms with Gasteiger partial charge in [-0.3, -0.25) is 0 Å². The van der Waals surface area contributed by atoms with E-state index in [0.717, 1.165) is 42.1 Å². The number of nitrogens with zero attached hydrogens (tertiary/aromatic N) is 2. The number of aromatic amines is 1. The minimum absolute atomic E-state index is 0.0467. The molecule has 0 amide bonds. The maximum atomic E-state index is 5.66. The van der Waals surface area contributed by atoms with Gasteiger partial charge in [0.1, 0.15) is 17.6 Å². The monoisotopic (exact) mass is 246 g/mol. The summed E-state index contributed by atoms with van der Waals surface area (Å²) in [4.78, 5) is 12.3. The van der Waals surface area contributed by atoms with Crippen LogP contribution in [0.15, 0.2) is 12.3 Å². The Hall–Kier alpha value is -1.62. The molecule has 0 aromatic carbocycles. The van der Waals surface area contributed by atoms with Crippen molar-refractivity contribution in [3.8, 4) is 0 Å². The molecule has 1 saturated heterocycles. The van der Waals surface area contributed by atoms with Gasteiger partial charge in [-0.25, -0.2) is 9.97 Å². The summed E-state index contributed by atoms with van der Waals surface area (Å²) >= 11 is 0. The summed E-state index contributed by atoms with van der Waals surface area (Å²) in [7, 11) is 0. The Morgan fingerprint density at radius 2 is 2.33 bits per heavy atom. The fourth-order valence-corrected chi connectivity index (χ4v) is 2.27. The number of fused-ring (bicyclic) bond motifs is 1. The van der Waals surface area contributed by atoms with Crippen LogP contribution < -0.4 is 5.32 Å². The van der Waals surface area contributed by atoms with Crippen molar-refractivity contribution >= 4 is 16.9 Å². The Morgan fingerprint density at radius 1 is 1.44 bits per heavy atom. The van der Waals surface area contributed by atoms with Crippen LogP contribution in [0.2, 0.25) is 0 Å². The van der Waals surface area contributed by atoms with Gasteiger partial charge in [0, 0.05) is 18.8 Å². The van der Waals surface area contributed by atoms with Crippen molar-refractivity contribution in [1.29, 1.82) is 0 Å². The van der Waals surface area contributed by atoms with Gasteiger partial charge in [0.25, 0.3) is 0 Å². The fourth-order valence-electron chi connectivity index (χ4n) is 2.27. The molecule has 1 atom stereocenters. The number of ether oxygens (including phenoxy) is 1. The molecular weight excluding hydrogens is 228 g/mol. The van der Waals surface area contributed by atoms with Crippen LogP contribution in [0.3, 0.4) is 0 Å². The highest BCUT2D eigenvalue weighted by Crippen LogP contribution is 2.29. The molecule has 1 fully saturated rings. The topological polar surface area (TPSA) is 62.8 Å². The predicted molar refractivity (Wildman–Crippen MR) is 70.6 cm³/mol. The summed E-state index contributed by atoms with van der Waals surface area (Å²) in [6.07, 6.45) is 4.03. The van der Waals surface area contributed by atoms with Gasteiger partial charge < -0.3 is 15.0 Å². The second kappa shape index (κ2) is 4.57. The first kappa shape index (κ1) is 11.5. The van der Waals surface area contributed by atoms with Crippen molar-refractivity contribution in [1.82, 2.24) is 15.0 Å². The van der Waals surface area contributed by atoms with E-state index >= 15 is 0 Å². The first-order valence-electron chi connectivity index (χ1n) is 6.47. The van der Waals surface area contributed by atoms with Crippen molar-refractivity contribution in [2.45, 2.75) is 38.8 Å². The second-order valence-electron chi connectivity index (χ2n) is 4.97. The normalized spacial score (nSPS) is 19.8. The van der Waals surface area contributed by atoms with E-state index in [1.807, 2.05) is 12.3 Å². The highest BCUT2D eigenvalue weighted by Gasteiger charge is 2.22. The molecule has 5 nitrogen and oxygen atoms in total. The van der Waals surface area contributed by atoms with Crippen LogP contribution in [-0.4, -0.2) is 27.6 Å². The summed E-state index contributed by atoms with van der Waals surface area (Å²) < 4.78 is 5.66. The van der Waals surface area contributed by atoms with E-state index in [-0.39, 0.29) is 6.10 Å². The number of anilines is 1. The Morgan fingerprint density at radius 3 is 3.06 bits per heavy atom. The van der Waals surface area contributed by atoms with Crippen LogP contribution in [-0.2, 0) is 4.74 Å². The fraction of sp³-hybridized carbons (Fsp3) is 0.538. The molecule has 3 heterocycles. The summed E-state index contributed by atoms with van der Waals surface area (Å²) in [5.41, 5.74) is 0.874. The molecule has 3 rings (SSSR count). The zero-order chi connectivity index (χ0) is 12.5. The summed E-state index contributed by atoms with van der Waals surface area (Å²) in [6, 6.07) is 2.34. The van der Waals surface area contributed by atoms with Crippen LogP contribution in [0.4, 0.5) is 5.82 Å². The summed E-state index contributed by atoms with van der Waals surface area (Å²) in [5.74, 6) is 1.67. The zero-order valence-corrected chi connectivity index (χ0v) is 10.7. The van der Waals surface area contributed by atoms with Gasteiger partial charge in [-0.05, 0) is 32.8 Å². The van der Waals surface area contributed by atoms with E-state index in [1.165, 1.54) is 0 Å². The Bertz CT molecular complexity index is 543. The third-order valence-electron chi connectivity index (χ3n) is 3.08. The largest absolute Gasteiger partial charge is 0.370 e. The maximum Gasteiger partial charge on any atom is 0.161 e. The standard InChI is InChI=1S/C13H18N4O/c1-8(2)15-12-9-5-6-14-11(9)16-13(17-12)10-4-3-7-18-10/h5-6,8,10H,3-4,7H2,1-2H3,(H2,14,15,16,17). The highest BCUT2D eigenvalue weighted by atomic mass is 16.5. The molecule has 2 N–H and O–H groups in total. The van der Waals surface area contributed by atoms with Crippen LogP contribution in [0.5, 0.6) is 0 Å². The number of hydrogen-bond donors (Lipinski definition) is 2. The minimum Gasteiger partial charge on any atom is -0.370 e. The van der Waals surface area contributed by atoms with E-state index in [4.69, 9.17) is 4.74 Å². The van der Waals surface area contributed by atoms with Gasteiger partial charge in [-0.2, -0.15) is 0 Å². The Kier molecular flexibility index (Phi) is 2.91. The van der Waals surface area contributed by atoms with E-state index in [0.29, 0.717) is 6.04 Å². The number of H-pyrrole nitrogens is 1. The molecule has 0 saturated carbocycles. The molecule has 1 unspecified atom stereocenters. The summed E-state index contributed by atoms with van der Waals surface area (Å²) in [6.45, 7) is 5.02. The SMILES string of the molecule is CC(C)Nc1nc(C2CCCO2)nc2[nH]ccc12. The second-order valence-corrected chi connectivity index (χ2v) is 4.97. The van der Waals surface area contributed by atoms with Crippen LogP contribution >= 0.6 is 0 Å². The quantitative estimate of drug-likeness (QED) is 0.874. The lowest BCUT2D eigenvalue weighted by molar-refractivity contribution is 0.105. The lowest BCUT2D eigenvalue weighted by Crippen LogP contribution is -2.13. The molecule has 2 aromatic heterocycles. The van der Waals surface area contributed by atoms with Gasteiger partial charge in [0.2, 0.25) is 0 Å². The molecule has 0 bridgehead atoms. The predicted octanol–water partition coefficient (Wildman–Crippen LogP) is 2.63. The molecule has 96 valence electrons. The average molecular weight is 246 g/mol. The maximum absolute atomic E-state index is 5.66. The first-order chi connectivity index (χ1) is 8.74. The number of rotatable bonds is 3. The van der Waals surface area contributed by atoms with E-state index < -0.39 is 0 Å². The molecule has 1 aliphatic rings. The molecule has 0 aliphatic carbocycles. The van der Waals surface area contributed by atoms with Gasteiger partial charge >= 0.3 is 0 Å². The van der Waals surface area contributed by atoms with Crippen molar-refractivity contribution in [2.75, 3.05) is 11.9 Å². The van der Waals surface area contributed by atoms with Crippen molar-refractivity contribution in [3.05, 3.63) is 18.1 Å². The minimum atomic E-state index is 0.0467. The van der Waals surface area contributed by atoms with Gasteiger partial charge in [0.05, 0.1) is 5.39 Å². The van der Waals surface area contributed by atoms with Gasteiger partial charge in [-0.15, -0.1) is 0 Å². The van der Waals surface area contributed by atoms with Crippen LogP contribution in [0.25, 0.3) is 11.0 Å². The third-order valence-corrected chi connectivity index (χ3v) is 3.08. The average Bonchev–Trinajstić information content (AvgIpc) is 2.99. The molecule has 1 aliphatic heterocycles. The molecule has 2 aromatic rings. The Balaban J connectivity index is 2.04. The van der Waals surface area contributed by atoms with E-state index in [9.17, 15) is 0 Å². The van der Waals surface area contributed by atoms with Crippen LogP contribution in [0.1, 0.15) is 38.6 Å².